The van der Waals surface area contributed by atoms with Crippen LogP contribution in [0.15, 0.2) is 12.7 Å². The maximum Gasteiger partial charge on any atom is 0.330 e. The molecule has 18 heavy (non-hydrogen) atoms. The Morgan fingerprint density at radius 1 is 1.33 bits per heavy atom. The molecule has 5 fully saturated rings. The number of rotatable bonds is 2. The molecule has 0 amide bonds. The Labute approximate surface area is 107 Å². The van der Waals surface area contributed by atoms with Crippen molar-refractivity contribution in [3.63, 3.8) is 0 Å². The van der Waals surface area contributed by atoms with Crippen molar-refractivity contribution in [2.45, 2.75) is 43.5 Å². The van der Waals surface area contributed by atoms with E-state index in [1.807, 2.05) is 0 Å². The summed E-state index contributed by atoms with van der Waals surface area (Å²) in [4.78, 5) is 11.8. The van der Waals surface area contributed by atoms with E-state index in [0.717, 1.165) is 5.92 Å². The molecule has 1 heterocycles. The molecule has 4 aliphatic carbocycles. The van der Waals surface area contributed by atoms with Gasteiger partial charge < -0.3 is 9.47 Å². The monoisotopic (exact) mass is 246 g/mol. The predicted molar refractivity (Wildman–Crippen MR) is 63.6 cm³/mol. The van der Waals surface area contributed by atoms with E-state index < -0.39 is 0 Å². The first kappa shape index (κ1) is 10.0. The van der Waals surface area contributed by atoms with E-state index in [9.17, 15) is 4.79 Å². The maximum atomic E-state index is 11.8. The average molecular weight is 246 g/mol. The summed E-state index contributed by atoms with van der Waals surface area (Å²) in [6.45, 7) is 3.56. The highest BCUT2D eigenvalue weighted by Gasteiger charge is 2.80. The van der Waals surface area contributed by atoms with Crippen LogP contribution in [-0.4, -0.2) is 23.8 Å². The van der Waals surface area contributed by atoms with E-state index in [1.54, 1.807) is 0 Å². The van der Waals surface area contributed by atoms with Crippen molar-refractivity contribution in [1.82, 2.24) is 0 Å². The van der Waals surface area contributed by atoms with E-state index in [1.165, 1.54) is 31.8 Å². The maximum absolute atomic E-state index is 11.8. The van der Waals surface area contributed by atoms with Gasteiger partial charge in [0.15, 0.2) is 0 Å². The summed E-state index contributed by atoms with van der Waals surface area (Å²) < 4.78 is 11.8. The minimum atomic E-state index is -0.225. The number of hydrogen-bond donors (Lipinski definition) is 0. The van der Waals surface area contributed by atoms with Crippen LogP contribution in [0.25, 0.3) is 0 Å². The van der Waals surface area contributed by atoms with Gasteiger partial charge in [0.2, 0.25) is 0 Å². The smallest absolute Gasteiger partial charge is 0.330 e. The number of fused-ring (bicyclic) bond motifs is 12. The zero-order valence-electron chi connectivity index (χ0n) is 10.4. The van der Waals surface area contributed by atoms with Crippen molar-refractivity contribution in [3.05, 3.63) is 12.7 Å². The second kappa shape index (κ2) is 2.84. The zero-order chi connectivity index (χ0) is 12.1. The first-order valence-corrected chi connectivity index (χ1v) is 7.26. The SMILES string of the molecule is C=CC(=O)OC12C3CCC(C3)C1C1CC2C2OC12. The van der Waals surface area contributed by atoms with Crippen LogP contribution in [0, 0.1) is 29.6 Å². The van der Waals surface area contributed by atoms with Crippen LogP contribution in [0.2, 0.25) is 0 Å². The molecule has 0 aromatic rings. The normalized spacial score (nSPS) is 61.4. The molecular formula is C15H18O3. The lowest BCUT2D eigenvalue weighted by atomic mass is 9.67. The van der Waals surface area contributed by atoms with Crippen molar-refractivity contribution in [2.24, 2.45) is 29.6 Å². The molecule has 4 saturated carbocycles. The molecule has 96 valence electrons. The summed E-state index contributed by atoms with van der Waals surface area (Å²) in [6.07, 6.45) is 7.34. The highest BCUT2D eigenvalue weighted by atomic mass is 16.6. The first-order valence-electron chi connectivity index (χ1n) is 7.26. The zero-order valence-corrected chi connectivity index (χ0v) is 10.4. The number of hydrogen-bond acceptors (Lipinski definition) is 3. The van der Waals surface area contributed by atoms with Gasteiger partial charge in [0, 0.05) is 17.9 Å². The fourth-order valence-corrected chi connectivity index (χ4v) is 6.23. The van der Waals surface area contributed by atoms with Gasteiger partial charge in [-0.2, -0.15) is 0 Å². The number of epoxide rings is 1. The predicted octanol–water partition coefficient (Wildman–Crippen LogP) is 1.92. The molecule has 1 aliphatic heterocycles. The molecule has 3 heteroatoms. The molecule has 0 spiro atoms. The van der Waals surface area contributed by atoms with Crippen LogP contribution in [0.3, 0.4) is 0 Å². The second-order valence-electron chi connectivity index (χ2n) is 6.85. The molecule has 0 N–H and O–H groups in total. The summed E-state index contributed by atoms with van der Waals surface area (Å²) in [5.41, 5.74) is -0.170. The summed E-state index contributed by atoms with van der Waals surface area (Å²) >= 11 is 0. The van der Waals surface area contributed by atoms with Crippen molar-refractivity contribution < 1.29 is 14.3 Å². The summed E-state index contributed by atoms with van der Waals surface area (Å²) in [7, 11) is 0. The minimum absolute atomic E-state index is 0.170. The Morgan fingerprint density at radius 2 is 2.22 bits per heavy atom. The van der Waals surface area contributed by atoms with Crippen molar-refractivity contribution in [1.29, 1.82) is 0 Å². The third kappa shape index (κ3) is 0.870. The van der Waals surface area contributed by atoms with Gasteiger partial charge in [0.1, 0.15) is 5.60 Å². The van der Waals surface area contributed by atoms with E-state index in [4.69, 9.17) is 9.47 Å². The molecule has 8 unspecified atom stereocenters. The third-order valence-electron chi connectivity index (χ3n) is 6.53. The molecule has 8 atom stereocenters. The lowest BCUT2D eigenvalue weighted by molar-refractivity contribution is -0.175. The molecule has 0 aromatic heterocycles. The fraction of sp³-hybridized carbons (Fsp3) is 0.800. The molecule has 4 bridgehead atoms. The van der Waals surface area contributed by atoms with E-state index in [-0.39, 0.29) is 11.6 Å². The third-order valence-corrected chi connectivity index (χ3v) is 6.53. The van der Waals surface area contributed by atoms with Crippen LogP contribution in [0.1, 0.15) is 25.7 Å². The van der Waals surface area contributed by atoms with Crippen LogP contribution in [0.5, 0.6) is 0 Å². The summed E-state index contributed by atoms with van der Waals surface area (Å²) in [5, 5.41) is 0. The number of carbonyl (C=O) groups is 1. The quantitative estimate of drug-likeness (QED) is 0.323. The Kier molecular flexibility index (Phi) is 1.58. The Morgan fingerprint density at radius 3 is 3.06 bits per heavy atom. The van der Waals surface area contributed by atoms with E-state index >= 15 is 0 Å². The first-order chi connectivity index (χ1) is 8.75. The lowest BCUT2D eigenvalue weighted by Crippen LogP contribution is -2.53. The van der Waals surface area contributed by atoms with Gasteiger partial charge in [-0.05, 0) is 43.4 Å². The average Bonchev–Trinajstić information content (AvgIpc) is 2.77. The van der Waals surface area contributed by atoms with Gasteiger partial charge in [-0.1, -0.05) is 6.58 Å². The minimum Gasteiger partial charge on any atom is -0.455 e. The van der Waals surface area contributed by atoms with E-state index in [0.29, 0.717) is 35.9 Å². The van der Waals surface area contributed by atoms with Gasteiger partial charge in [0.05, 0.1) is 12.2 Å². The van der Waals surface area contributed by atoms with Gasteiger partial charge in [-0.15, -0.1) is 0 Å². The standard InChI is InChI=1S/C15H18O3/c1-2-11(16)18-15-8-4-3-7(5-8)12(15)9-6-10(15)14-13(9)17-14/h2,7-10,12-14H,1,3-6H2. The number of carbonyl (C=O) groups excluding carboxylic acids is 1. The molecule has 5 rings (SSSR count). The van der Waals surface area contributed by atoms with Gasteiger partial charge in [-0.25, -0.2) is 4.79 Å². The molecule has 3 nitrogen and oxygen atoms in total. The van der Waals surface area contributed by atoms with Crippen LogP contribution in [0.4, 0.5) is 0 Å². The van der Waals surface area contributed by atoms with Crippen LogP contribution >= 0.6 is 0 Å². The summed E-state index contributed by atoms with van der Waals surface area (Å²) in [5.74, 6) is 2.90. The Bertz CT molecular complexity index is 459. The molecule has 5 aliphatic rings. The van der Waals surface area contributed by atoms with Gasteiger partial charge in [-0.3, -0.25) is 0 Å². The highest BCUT2D eigenvalue weighted by Crippen LogP contribution is 2.74. The molecule has 0 radical (unpaired) electrons. The van der Waals surface area contributed by atoms with Gasteiger partial charge in [0.25, 0.3) is 0 Å². The van der Waals surface area contributed by atoms with Crippen molar-refractivity contribution in [3.8, 4) is 0 Å². The second-order valence-corrected chi connectivity index (χ2v) is 6.85. The van der Waals surface area contributed by atoms with E-state index in [2.05, 4.69) is 6.58 Å². The lowest BCUT2D eigenvalue weighted by Gasteiger charge is -2.44. The van der Waals surface area contributed by atoms with Crippen molar-refractivity contribution in [2.75, 3.05) is 0 Å². The van der Waals surface area contributed by atoms with Gasteiger partial charge >= 0.3 is 5.97 Å². The molecule has 1 saturated heterocycles. The topological polar surface area (TPSA) is 38.8 Å². The van der Waals surface area contributed by atoms with Crippen LogP contribution < -0.4 is 0 Å². The highest BCUT2D eigenvalue weighted by molar-refractivity contribution is 5.81. The Hall–Kier alpha value is -0.830. The fourth-order valence-electron chi connectivity index (χ4n) is 6.23. The number of ether oxygens (including phenoxy) is 2. The Balaban J connectivity index is 1.61. The molecular weight excluding hydrogens is 228 g/mol. The summed E-state index contributed by atoms with van der Waals surface area (Å²) in [6, 6.07) is 0. The number of esters is 1. The molecule has 0 aromatic carbocycles. The van der Waals surface area contributed by atoms with Crippen LogP contribution in [-0.2, 0) is 14.3 Å². The largest absolute Gasteiger partial charge is 0.455 e. The van der Waals surface area contributed by atoms with Crippen molar-refractivity contribution >= 4 is 5.97 Å².